The third-order valence-electron chi connectivity index (χ3n) is 5.45. The normalized spacial score (nSPS) is 11.0. The van der Waals surface area contributed by atoms with Gasteiger partial charge in [0.2, 0.25) is 0 Å². The maximum atomic E-state index is 13.7. The van der Waals surface area contributed by atoms with Crippen LogP contribution in [0.2, 0.25) is 0 Å². The van der Waals surface area contributed by atoms with Crippen LogP contribution in [0, 0.1) is 13.8 Å². The van der Waals surface area contributed by atoms with Gasteiger partial charge in [0.1, 0.15) is 11.2 Å². The standard InChI is InChI=1S/C25H21N3O4/c1-13-9-11-17(12-10-13)28-23-21(22(26)18(25(31)32)14(2)27-23)20(16-7-5-4-6-8-16)19(15(3)29)24(28)30/h4-12H,1-3H3,(H2,26,27)(H,31,32). The molecule has 0 atom stereocenters. The number of nitrogens with zero attached hydrogens (tertiary/aromatic N) is 2. The third kappa shape index (κ3) is 3.24. The Morgan fingerprint density at radius 1 is 0.969 bits per heavy atom. The van der Waals surface area contributed by atoms with E-state index >= 15 is 0 Å². The average molecular weight is 427 g/mol. The highest BCUT2D eigenvalue weighted by molar-refractivity contribution is 6.15. The number of anilines is 1. The number of carbonyl (C=O) groups excluding carboxylic acids is 1. The lowest BCUT2D eigenvalue weighted by Crippen LogP contribution is -2.28. The van der Waals surface area contributed by atoms with E-state index in [-0.39, 0.29) is 39.1 Å². The van der Waals surface area contributed by atoms with Gasteiger partial charge < -0.3 is 10.8 Å². The Morgan fingerprint density at radius 2 is 1.59 bits per heavy atom. The van der Waals surface area contributed by atoms with E-state index in [0.717, 1.165) is 5.56 Å². The van der Waals surface area contributed by atoms with Crippen LogP contribution in [0.25, 0.3) is 27.8 Å². The summed E-state index contributed by atoms with van der Waals surface area (Å²) in [5.41, 5.74) is 8.33. The van der Waals surface area contributed by atoms with Gasteiger partial charge in [0.25, 0.3) is 5.56 Å². The van der Waals surface area contributed by atoms with Crippen LogP contribution in [0.4, 0.5) is 5.69 Å². The highest BCUT2D eigenvalue weighted by Crippen LogP contribution is 2.37. The topological polar surface area (TPSA) is 115 Å². The van der Waals surface area contributed by atoms with Gasteiger partial charge in [-0.3, -0.25) is 14.2 Å². The molecular formula is C25H21N3O4. The highest BCUT2D eigenvalue weighted by atomic mass is 16.4. The van der Waals surface area contributed by atoms with Gasteiger partial charge in [0.15, 0.2) is 5.78 Å². The van der Waals surface area contributed by atoms with Crippen LogP contribution in [-0.4, -0.2) is 26.4 Å². The number of carbonyl (C=O) groups is 2. The van der Waals surface area contributed by atoms with Crippen molar-refractivity contribution in [2.24, 2.45) is 0 Å². The van der Waals surface area contributed by atoms with Crippen molar-refractivity contribution in [2.45, 2.75) is 20.8 Å². The van der Waals surface area contributed by atoms with Crippen molar-refractivity contribution in [3.63, 3.8) is 0 Å². The minimum absolute atomic E-state index is 0.0396. The van der Waals surface area contributed by atoms with Crippen molar-refractivity contribution < 1.29 is 14.7 Å². The zero-order chi connectivity index (χ0) is 23.2. The second-order valence-corrected chi connectivity index (χ2v) is 7.64. The number of carboxylic acid groups (broad SMARTS) is 1. The van der Waals surface area contributed by atoms with Crippen LogP contribution in [0.5, 0.6) is 0 Å². The molecule has 0 aliphatic rings. The Hall–Kier alpha value is -4.26. The molecule has 0 radical (unpaired) electrons. The van der Waals surface area contributed by atoms with Crippen LogP contribution >= 0.6 is 0 Å². The molecule has 4 rings (SSSR count). The van der Waals surface area contributed by atoms with Crippen molar-refractivity contribution in [1.82, 2.24) is 9.55 Å². The molecule has 0 fully saturated rings. The van der Waals surface area contributed by atoms with Gasteiger partial charge in [0, 0.05) is 5.56 Å². The molecule has 0 unspecified atom stereocenters. The number of hydrogen-bond donors (Lipinski definition) is 2. The SMILES string of the molecule is CC(=O)c1c(-c2ccccc2)c2c(N)c(C(=O)O)c(C)nc2n(-c2ccc(C)cc2)c1=O. The first kappa shape index (κ1) is 21.0. The summed E-state index contributed by atoms with van der Waals surface area (Å²) in [7, 11) is 0. The number of fused-ring (bicyclic) bond motifs is 1. The van der Waals surface area contributed by atoms with Crippen molar-refractivity contribution in [1.29, 1.82) is 0 Å². The van der Waals surface area contributed by atoms with Crippen LogP contribution in [0.3, 0.4) is 0 Å². The number of carboxylic acids is 1. The fraction of sp³-hybridized carbons (Fsp3) is 0.120. The number of nitrogens with two attached hydrogens (primary N) is 1. The molecule has 0 saturated heterocycles. The van der Waals surface area contributed by atoms with Crippen molar-refractivity contribution in [2.75, 3.05) is 5.73 Å². The summed E-state index contributed by atoms with van der Waals surface area (Å²) in [5, 5.41) is 10.0. The predicted molar refractivity (Wildman–Crippen MR) is 124 cm³/mol. The van der Waals surface area contributed by atoms with Gasteiger partial charge in [-0.15, -0.1) is 0 Å². The Morgan fingerprint density at radius 3 is 2.16 bits per heavy atom. The molecule has 160 valence electrons. The number of rotatable bonds is 4. The molecule has 32 heavy (non-hydrogen) atoms. The van der Waals surface area contributed by atoms with E-state index in [2.05, 4.69) is 4.98 Å². The van der Waals surface area contributed by atoms with Crippen LogP contribution in [-0.2, 0) is 0 Å². The molecule has 0 spiro atoms. The molecule has 0 aliphatic heterocycles. The summed E-state index contributed by atoms with van der Waals surface area (Å²) < 4.78 is 1.33. The van der Waals surface area contributed by atoms with Gasteiger partial charge in [-0.05, 0) is 38.5 Å². The van der Waals surface area contributed by atoms with E-state index in [0.29, 0.717) is 11.3 Å². The minimum atomic E-state index is -1.23. The second kappa shape index (κ2) is 7.77. The number of pyridine rings is 2. The van der Waals surface area contributed by atoms with Crippen molar-refractivity contribution in [3.05, 3.63) is 87.3 Å². The number of hydrogen-bond acceptors (Lipinski definition) is 5. The fourth-order valence-corrected chi connectivity index (χ4v) is 3.98. The lowest BCUT2D eigenvalue weighted by molar-refractivity contribution is 0.0696. The number of aryl methyl sites for hydroxylation is 2. The van der Waals surface area contributed by atoms with E-state index < -0.39 is 17.3 Å². The fourth-order valence-electron chi connectivity index (χ4n) is 3.98. The lowest BCUT2D eigenvalue weighted by Gasteiger charge is -2.20. The summed E-state index contributed by atoms with van der Waals surface area (Å²) in [4.78, 5) is 42.9. The number of Topliss-reactive ketones (excluding diaryl/α,β-unsaturated/α-hetero) is 1. The Labute approximate surface area is 183 Å². The molecule has 0 aliphatic carbocycles. The molecule has 0 bridgehead atoms. The van der Waals surface area contributed by atoms with E-state index in [1.165, 1.54) is 18.4 Å². The molecule has 7 heteroatoms. The summed E-state index contributed by atoms with van der Waals surface area (Å²) >= 11 is 0. The zero-order valence-electron chi connectivity index (χ0n) is 17.8. The van der Waals surface area contributed by atoms with Gasteiger partial charge in [-0.25, -0.2) is 9.78 Å². The zero-order valence-corrected chi connectivity index (χ0v) is 17.8. The molecule has 2 heterocycles. The number of aromatic carboxylic acids is 1. The molecule has 3 N–H and O–H groups in total. The smallest absolute Gasteiger partial charge is 0.339 e. The van der Waals surface area contributed by atoms with E-state index in [1.54, 1.807) is 42.5 Å². The second-order valence-electron chi connectivity index (χ2n) is 7.64. The summed E-state index contributed by atoms with van der Waals surface area (Å²) in [6.07, 6.45) is 0. The van der Waals surface area contributed by atoms with E-state index in [4.69, 9.17) is 5.73 Å². The predicted octanol–water partition coefficient (Wildman–Crippen LogP) is 4.15. The summed E-state index contributed by atoms with van der Waals surface area (Å²) in [5.74, 6) is -1.68. The summed E-state index contributed by atoms with van der Waals surface area (Å²) in [6.45, 7) is 4.76. The van der Waals surface area contributed by atoms with Crippen LogP contribution in [0.15, 0.2) is 59.4 Å². The molecule has 4 aromatic rings. The maximum absolute atomic E-state index is 13.7. The number of benzene rings is 2. The van der Waals surface area contributed by atoms with Crippen LogP contribution < -0.4 is 11.3 Å². The average Bonchev–Trinajstić information content (AvgIpc) is 2.74. The Kier molecular flexibility index (Phi) is 5.10. The first-order valence-electron chi connectivity index (χ1n) is 9.97. The lowest BCUT2D eigenvalue weighted by atomic mass is 9.93. The molecule has 2 aromatic carbocycles. The minimum Gasteiger partial charge on any atom is -0.478 e. The van der Waals surface area contributed by atoms with Gasteiger partial charge in [0.05, 0.1) is 28.0 Å². The Balaban J connectivity index is 2.34. The first-order valence-corrected chi connectivity index (χ1v) is 9.97. The van der Waals surface area contributed by atoms with E-state index in [1.807, 2.05) is 19.1 Å². The van der Waals surface area contributed by atoms with Crippen molar-refractivity contribution >= 4 is 28.5 Å². The molecule has 0 amide bonds. The van der Waals surface area contributed by atoms with Gasteiger partial charge in [-0.2, -0.15) is 0 Å². The third-order valence-corrected chi connectivity index (χ3v) is 5.45. The quantitative estimate of drug-likeness (QED) is 0.473. The van der Waals surface area contributed by atoms with Crippen LogP contribution in [0.1, 0.15) is 38.9 Å². The van der Waals surface area contributed by atoms with Crippen molar-refractivity contribution in [3.8, 4) is 16.8 Å². The van der Waals surface area contributed by atoms with E-state index in [9.17, 15) is 19.5 Å². The number of aromatic nitrogens is 2. The first-order chi connectivity index (χ1) is 15.2. The monoisotopic (exact) mass is 427 g/mol. The molecule has 7 nitrogen and oxygen atoms in total. The maximum Gasteiger partial charge on any atom is 0.339 e. The molecule has 0 saturated carbocycles. The van der Waals surface area contributed by atoms with Gasteiger partial charge >= 0.3 is 5.97 Å². The summed E-state index contributed by atoms with van der Waals surface area (Å²) in [6, 6.07) is 16.0. The largest absolute Gasteiger partial charge is 0.478 e. The molecular weight excluding hydrogens is 406 g/mol. The molecule has 2 aromatic heterocycles. The Bertz CT molecular complexity index is 1450. The number of ketones is 1. The highest BCUT2D eigenvalue weighted by Gasteiger charge is 2.27. The number of nitrogen functional groups attached to an aromatic ring is 1. The van der Waals surface area contributed by atoms with Gasteiger partial charge in [-0.1, -0.05) is 48.0 Å².